The molecule has 0 bridgehead atoms. The molecule has 3 nitrogen and oxygen atoms in total. The molecule has 1 N–H and O–H groups in total. The van der Waals surface area contributed by atoms with Crippen LogP contribution in [0.15, 0.2) is 30.6 Å². The molecule has 0 saturated carbocycles. The van der Waals surface area contributed by atoms with Gasteiger partial charge in [-0.25, -0.2) is 0 Å². The second-order valence-corrected chi connectivity index (χ2v) is 5.96. The standard InChI is InChI=1S/C17H23N3/c1-13-3-4-17(14(2)9-13)16-10-19-20(12-16)11-15-5-7-18-8-6-15/h3-4,9-10,12,15,18H,5-8,11H2,1-2H3. The summed E-state index contributed by atoms with van der Waals surface area (Å²) in [4.78, 5) is 0. The Hall–Kier alpha value is -1.61. The van der Waals surface area contributed by atoms with Crippen molar-refractivity contribution >= 4 is 0 Å². The Kier molecular flexibility index (Phi) is 3.88. The van der Waals surface area contributed by atoms with E-state index in [1.165, 1.54) is 35.1 Å². The monoisotopic (exact) mass is 269 g/mol. The molecule has 3 heteroatoms. The first kappa shape index (κ1) is 13.4. The Morgan fingerprint density at radius 3 is 2.80 bits per heavy atom. The van der Waals surface area contributed by atoms with Crippen molar-refractivity contribution in [2.75, 3.05) is 13.1 Å². The predicted molar refractivity (Wildman–Crippen MR) is 82.7 cm³/mol. The van der Waals surface area contributed by atoms with Gasteiger partial charge in [0.05, 0.1) is 6.20 Å². The number of nitrogens with zero attached hydrogens (tertiary/aromatic N) is 2. The van der Waals surface area contributed by atoms with Crippen molar-refractivity contribution in [2.24, 2.45) is 5.92 Å². The molecule has 1 saturated heterocycles. The number of hydrogen-bond donors (Lipinski definition) is 1. The zero-order chi connectivity index (χ0) is 13.9. The number of rotatable bonds is 3. The molecule has 1 aliphatic rings. The molecule has 1 aliphatic heterocycles. The third kappa shape index (κ3) is 2.93. The Bertz CT molecular complexity index is 580. The summed E-state index contributed by atoms with van der Waals surface area (Å²) >= 11 is 0. The third-order valence-corrected chi connectivity index (χ3v) is 4.23. The summed E-state index contributed by atoms with van der Waals surface area (Å²) in [5, 5.41) is 7.96. The fourth-order valence-corrected chi connectivity index (χ4v) is 3.07. The second-order valence-electron chi connectivity index (χ2n) is 5.96. The number of piperidine rings is 1. The van der Waals surface area contributed by atoms with Gasteiger partial charge in [-0.3, -0.25) is 4.68 Å². The molecule has 1 aromatic carbocycles. The lowest BCUT2D eigenvalue weighted by atomic mass is 9.98. The van der Waals surface area contributed by atoms with Gasteiger partial charge in [0, 0.05) is 18.3 Å². The van der Waals surface area contributed by atoms with Crippen LogP contribution < -0.4 is 5.32 Å². The number of benzene rings is 1. The van der Waals surface area contributed by atoms with E-state index in [1.807, 2.05) is 6.20 Å². The summed E-state index contributed by atoms with van der Waals surface area (Å²) in [6, 6.07) is 6.61. The van der Waals surface area contributed by atoms with Crippen LogP contribution in [0.25, 0.3) is 11.1 Å². The molecule has 20 heavy (non-hydrogen) atoms. The molecule has 0 radical (unpaired) electrons. The second kappa shape index (κ2) is 5.80. The van der Waals surface area contributed by atoms with Crippen LogP contribution in [0.4, 0.5) is 0 Å². The van der Waals surface area contributed by atoms with Crippen molar-refractivity contribution in [3.63, 3.8) is 0 Å². The zero-order valence-corrected chi connectivity index (χ0v) is 12.4. The normalized spacial score (nSPS) is 16.5. The van der Waals surface area contributed by atoms with Crippen LogP contribution in [-0.2, 0) is 6.54 Å². The molecule has 106 valence electrons. The van der Waals surface area contributed by atoms with E-state index >= 15 is 0 Å². The maximum Gasteiger partial charge on any atom is 0.0568 e. The van der Waals surface area contributed by atoms with Crippen molar-refractivity contribution < 1.29 is 0 Å². The van der Waals surface area contributed by atoms with E-state index in [9.17, 15) is 0 Å². The molecule has 3 rings (SSSR count). The SMILES string of the molecule is Cc1ccc(-c2cnn(CC3CCNCC3)c2)c(C)c1. The molecule has 0 spiro atoms. The van der Waals surface area contributed by atoms with Crippen LogP contribution in [0, 0.1) is 19.8 Å². The van der Waals surface area contributed by atoms with E-state index in [2.05, 4.69) is 53.3 Å². The summed E-state index contributed by atoms with van der Waals surface area (Å²) in [5.74, 6) is 0.767. The first-order valence-electron chi connectivity index (χ1n) is 7.53. The molecular weight excluding hydrogens is 246 g/mol. The van der Waals surface area contributed by atoms with E-state index < -0.39 is 0 Å². The minimum absolute atomic E-state index is 0.767. The Balaban J connectivity index is 1.75. The topological polar surface area (TPSA) is 29.9 Å². The number of aryl methyl sites for hydroxylation is 2. The lowest BCUT2D eigenvalue weighted by molar-refractivity contribution is 0.321. The van der Waals surface area contributed by atoms with Gasteiger partial charge in [0.25, 0.3) is 0 Å². The van der Waals surface area contributed by atoms with Crippen LogP contribution >= 0.6 is 0 Å². The molecule has 2 heterocycles. The Labute approximate surface area is 121 Å². The van der Waals surface area contributed by atoms with Crippen molar-refractivity contribution in [1.82, 2.24) is 15.1 Å². The molecule has 0 amide bonds. The van der Waals surface area contributed by atoms with Gasteiger partial charge >= 0.3 is 0 Å². The van der Waals surface area contributed by atoms with Crippen LogP contribution in [0.1, 0.15) is 24.0 Å². The van der Waals surface area contributed by atoms with E-state index in [-0.39, 0.29) is 0 Å². The summed E-state index contributed by atoms with van der Waals surface area (Å²) in [5.41, 5.74) is 5.17. The van der Waals surface area contributed by atoms with Crippen molar-refractivity contribution in [1.29, 1.82) is 0 Å². The fraction of sp³-hybridized carbons (Fsp3) is 0.471. The van der Waals surface area contributed by atoms with Gasteiger partial charge in [0.2, 0.25) is 0 Å². The molecule has 0 atom stereocenters. The zero-order valence-electron chi connectivity index (χ0n) is 12.4. The summed E-state index contributed by atoms with van der Waals surface area (Å²) in [6.45, 7) is 7.65. The predicted octanol–water partition coefficient (Wildman–Crippen LogP) is 3.17. The van der Waals surface area contributed by atoms with Gasteiger partial charge in [-0.1, -0.05) is 23.8 Å². The minimum atomic E-state index is 0.767. The van der Waals surface area contributed by atoms with Crippen LogP contribution in [0.3, 0.4) is 0 Å². The molecule has 1 aromatic heterocycles. The lowest BCUT2D eigenvalue weighted by Crippen LogP contribution is -2.29. The van der Waals surface area contributed by atoms with Crippen LogP contribution in [0.2, 0.25) is 0 Å². The van der Waals surface area contributed by atoms with E-state index in [0.29, 0.717) is 0 Å². The molecule has 2 aromatic rings. The van der Waals surface area contributed by atoms with Gasteiger partial charge in [-0.15, -0.1) is 0 Å². The van der Waals surface area contributed by atoms with Gasteiger partial charge in [-0.05, 0) is 56.8 Å². The highest BCUT2D eigenvalue weighted by Gasteiger charge is 2.14. The molecular formula is C17H23N3. The minimum Gasteiger partial charge on any atom is -0.317 e. The number of hydrogen-bond acceptors (Lipinski definition) is 2. The summed E-state index contributed by atoms with van der Waals surface area (Å²) < 4.78 is 2.12. The summed E-state index contributed by atoms with van der Waals surface area (Å²) in [7, 11) is 0. The number of nitrogens with one attached hydrogen (secondary N) is 1. The summed E-state index contributed by atoms with van der Waals surface area (Å²) in [6.07, 6.45) is 6.72. The molecule has 0 unspecified atom stereocenters. The molecule has 0 aliphatic carbocycles. The van der Waals surface area contributed by atoms with Gasteiger partial charge in [0.1, 0.15) is 0 Å². The average molecular weight is 269 g/mol. The van der Waals surface area contributed by atoms with Crippen molar-refractivity contribution in [3.8, 4) is 11.1 Å². The van der Waals surface area contributed by atoms with Crippen molar-refractivity contribution in [2.45, 2.75) is 33.2 Å². The highest BCUT2D eigenvalue weighted by molar-refractivity contribution is 5.66. The van der Waals surface area contributed by atoms with Gasteiger partial charge in [0.15, 0.2) is 0 Å². The average Bonchev–Trinajstić information content (AvgIpc) is 2.88. The Morgan fingerprint density at radius 1 is 1.25 bits per heavy atom. The van der Waals surface area contributed by atoms with E-state index in [0.717, 1.165) is 25.6 Å². The third-order valence-electron chi connectivity index (χ3n) is 4.23. The Morgan fingerprint density at radius 2 is 2.05 bits per heavy atom. The van der Waals surface area contributed by atoms with E-state index in [1.54, 1.807) is 0 Å². The van der Waals surface area contributed by atoms with E-state index in [4.69, 9.17) is 0 Å². The quantitative estimate of drug-likeness (QED) is 0.927. The fourth-order valence-electron chi connectivity index (χ4n) is 3.07. The number of aromatic nitrogens is 2. The van der Waals surface area contributed by atoms with Crippen molar-refractivity contribution in [3.05, 3.63) is 41.7 Å². The van der Waals surface area contributed by atoms with Crippen LogP contribution in [-0.4, -0.2) is 22.9 Å². The van der Waals surface area contributed by atoms with Gasteiger partial charge < -0.3 is 5.32 Å². The first-order chi connectivity index (χ1) is 9.72. The van der Waals surface area contributed by atoms with Crippen LogP contribution in [0.5, 0.6) is 0 Å². The lowest BCUT2D eigenvalue weighted by Gasteiger charge is -2.22. The van der Waals surface area contributed by atoms with Gasteiger partial charge in [-0.2, -0.15) is 5.10 Å². The maximum atomic E-state index is 4.55. The first-order valence-corrected chi connectivity index (χ1v) is 7.53. The highest BCUT2D eigenvalue weighted by Crippen LogP contribution is 2.24. The smallest absolute Gasteiger partial charge is 0.0568 e. The maximum absolute atomic E-state index is 4.55. The highest BCUT2D eigenvalue weighted by atomic mass is 15.3. The largest absolute Gasteiger partial charge is 0.317 e. The molecule has 1 fully saturated rings.